The summed E-state index contributed by atoms with van der Waals surface area (Å²) in [6, 6.07) is 23.5. The third-order valence-corrected chi connectivity index (χ3v) is 6.33. The molecular formula is C28H24ClN. The van der Waals surface area contributed by atoms with Crippen molar-refractivity contribution in [3.05, 3.63) is 107 Å². The van der Waals surface area contributed by atoms with Crippen LogP contribution in [0.4, 0.5) is 0 Å². The molecule has 148 valence electrons. The van der Waals surface area contributed by atoms with E-state index in [9.17, 15) is 0 Å². The van der Waals surface area contributed by atoms with Crippen LogP contribution in [-0.2, 0) is 6.42 Å². The van der Waals surface area contributed by atoms with E-state index in [1.165, 1.54) is 44.0 Å². The average molecular weight is 410 g/mol. The maximum absolute atomic E-state index is 6.24. The van der Waals surface area contributed by atoms with E-state index in [1.807, 2.05) is 24.4 Å². The van der Waals surface area contributed by atoms with Crippen LogP contribution in [0.1, 0.15) is 29.5 Å². The molecule has 0 bridgehead atoms. The minimum Gasteiger partial charge on any atom is -0.256 e. The Bertz CT molecular complexity index is 1300. The van der Waals surface area contributed by atoms with Gasteiger partial charge in [0.05, 0.1) is 10.9 Å². The molecular weight excluding hydrogens is 386 g/mol. The topological polar surface area (TPSA) is 12.9 Å². The van der Waals surface area contributed by atoms with Gasteiger partial charge < -0.3 is 0 Å². The molecule has 0 radical (unpaired) electrons. The fraction of sp³-hybridized carbons (Fsp3) is 0.179. The van der Waals surface area contributed by atoms with Crippen molar-refractivity contribution in [1.82, 2.24) is 4.98 Å². The van der Waals surface area contributed by atoms with E-state index in [-0.39, 0.29) is 5.38 Å². The van der Waals surface area contributed by atoms with Gasteiger partial charge >= 0.3 is 0 Å². The number of hydrogen-bond acceptors (Lipinski definition) is 1. The van der Waals surface area contributed by atoms with Gasteiger partial charge in [-0.2, -0.15) is 0 Å². The van der Waals surface area contributed by atoms with Crippen LogP contribution >= 0.6 is 11.6 Å². The number of alkyl halides is 1. The lowest BCUT2D eigenvalue weighted by atomic mass is 9.79. The van der Waals surface area contributed by atoms with Crippen LogP contribution in [0.5, 0.6) is 0 Å². The molecule has 30 heavy (non-hydrogen) atoms. The molecule has 3 aromatic carbocycles. The summed E-state index contributed by atoms with van der Waals surface area (Å²) in [6.07, 6.45) is 9.56. The van der Waals surface area contributed by atoms with Gasteiger partial charge in [-0.25, -0.2) is 0 Å². The summed E-state index contributed by atoms with van der Waals surface area (Å²) in [5, 5.41) is 4.15. The van der Waals surface area contributed by atoms with E-state index in [0.29, 0.717) is 0 Å². The van der Waals surface area contributed by atoms with Gasteiger partial charge in [-0.05, 0) is 71.4 Å². The van der Waals surface area contributed by atoms with Crippen LogP contribution < -0.4 is 0 Å². The number of hydrogen-bond donors (Lipinski definition) is 0. The van der Waals surface area contributed by atoms with Gasteiger partial charge in [-0.15, -0.1) is 11.6 Å². The quantitative estimate of drug-likeness (QED) is 0.272. The van der Waals surface area contributed by atoms with Gasteiger partial charge in [0.15, 0.2) is 0 Å². The van der Waals surface area contributed by atoms with Crippen LogP contribution in [0, 0.1) is 6.92 Å². The molecule has 0 saturated carbocycles. The Labute approximate surface area is 182 Å². The normalized spacial score (nSPS) is 17.3. The maximum Gasteiger partial charge on any atom is 0.0702 e. The molecule has 0 saturated heterocycles. The number of halogens is 1. The highest BCUT2D eigenvalue weighted by Gasteiger charge is 2.22. The lowest BCUT2D eigenvalue weighted by molar-refractivity contribution is 0.835. The second-order valence-electron chi connectivity index (χ2n) is 8.11. The molecule has 1 unspecified atom stereocenters. The fourth-order valence-electron chi connectivity index (χ4n) is 4.56. The third kappa shape index (κ3) is 3.66. The molecule has 6 rings (SSSR count). The highest BCUT2D eigenvalue weighted by atomic mass is 35.5. The minimum absolute atomic E-state index is 0.181. The van der Waals surface area contributed by atoms with Crippen LogP contribution in [0.25, 0.3) is 27.2 Å². The molecule has 0 amide bonds. The fourth-order valence-corrected chi connectivity index (χ4v) is 4.82. The molecule has 2 heteroatoms. The van der Waals surface area contributed by atoms with Crippen molar-refractivity contribution < 1.29 is 0 Å². The first-order valence-corrected chi connectivity index (χ1v) is 11.0. The summed E-state index contributed by atoms with van der Waals surface area (Å²) >= 11 is 6.24. The first-order chi connectivity index (χ1) is 14.7. The summed E-state index contributed by atoms with van der Waals surface area (Å²) < 4.78 is 0. The van der Waals surface area contributed by atoms with Crippen molar-refractivity contribution in [2.75, 3.05) is 0 Å². The first kappa shape index (κ1) is 19.1. The second kappa shape index (κ2) is 8.08. The Morgan fingerprint density at radius 3 is 2.60 bits per heavy atom. The van der Waals surface area contributed by atoms with E-state index in [2.05, 4.69) is 72.6 Å². The van der Waals surface area contributed by atoms with Crippen LogP contribution in [0.2, 0.25) is 0 Å². The van der Waals surface area contributed by atoms with Crippen LogP contribution in [-0.4, -0.2) is 10.4 Å². The molecule has 4 aromatic rings. The molecule has 2 aliphatic rings. The number of rotatable bonds is 0. The minimum atomic E-state index is 0.181. The molecule has 1 heterocycles. The largest absolute Gasteiger partial charge is 0.256 e. The molecule has 0 N–H and O–H groups in total. The van der Waals surface area contributed by atoms with E-state index in [4.69, 9.17) is 11.6 Å². The molecule has 0 spiro atoms. The highest BCUT2D eigenvalue weighted by molar-refractivity contribution is 6.22. The summed E-state index contributed by atoms with van der Waals surface area (Å²) in [5.74, 6) is 0. The van der Waals surface area contributed by atoms with Crippen molar-refractivity contribution in [3.63, 3.8) is 0 Å². The van der Waals surface area contributed by atoms with Crippen molar-refractivity contribution >= 4 is 38.8 Å². The first-order valence-electron chi connectivity index (χ1n) is 10.6. The number of aromatic nitrogens is 1. The number of allylic oxidation sites excluding steroid dienone is 4. The summed E-state index contributed by atoms with van der Waals surface area (Å²) in [6.45, 7) is 2.06. The molecule has 0 fully saturated rings. The standard InChI is InChI=1S/C18H15Cl.C10H9N/c19-14-7-10-16-13(11-14)6-9-17-15-4-2-1-3-12(15)5-8-18(16)17;1-8-6-9-4-2-3-5-10(9)11-7-8/h1-5,7-8,10,14H,6,9,11H2;2-7H,1H3. The number of nitrogens with zero attached hydrogens (tertiary/aromatic N) is 1. The Hall–Kier alpha value is -2.90. The zero-order chi connectivity index (χ0) is 20.5. The highest BCUT2D eigenvalue weighted by Crippen LogP contribution is 2.40. The van der Waals surface area contributed by atoms with Gasteiger partial charge in [-0.1, -0.05) is 72.3 Å². The zero-order valence-electron chi connectivity index (χ0n) is 17.1. The molecule has 1 atom stereocenters. The molecule has 1 aromatic heterocycles. The number of pyridine rings is 1. The predicted molar refractivity (Wildman–Crippen MR) is 129 cm³/mol. The Morgan fingerprint density at radius 1 is 0.900 bits per heavy atom. The average Bonchev–Trinajstić information content (AvgIpc) is 2.78. The predicted octanol–water partition coefficient (Wildman–Crippen LogP) is 7.65. The van der Waals surface area contributed by atoms with Gasteiger partial charge in [0.2, 0.25) is 0 Å². The van der Waals surface area contributed by atoms with Crippen LogP contribution in [0.15, 0.2) is 90.7 Å². The molecule has 0 aliphatic heterocycles. The number of fused-ring (bicyclic) bond motifs is 5. The van der Waals surface area contributed by atoms with Crippen LogP contribution in [0.3, 0.4) is 0 Å². The van der Waals surface area contributed by atoms with Gasteiger partial charge in [0.25, 0.3) is 0 Å². The lowest BCUT2D eigenvalue weighted by Crippen LogP contribution is -2.11. The molecule has 1 nitrogen and oxygen atoms in total. The van der Waals surface area contributed by atoms with E-state index < -0.39 is 0 Å². The van der Waals surface area contributed by atoms with Gasteiger partial charge in [0.1, 0.15) is 0 Å². The SMILES string of the molecule is Cc1cnc2ccccc2c1.ClC1C=CC2=C(CCc3c2ccc2ccccc32)C1. The van der Waals surface area contributed by atoms with Gasteiger partial charge in [0, 0.05) is 11.6 Å². The van der Waals surface area contributed by atoms with E-state index in [1.54, 1.807) is 0 Å². The lowest BCUT2D eigenvalue weighted by Gasteiger charge is -2.26. The Balaban J connectivity index is 0.000000149. The molecule has 2 aliphatic carbocycles. The monoisotopic (exact) mass is 409 g/mol. The number of aryl methyl sites for hydroxylation is 2. The van der Waals surface area contributed by atoms with Crippen molar-refractivity contribution in [3.8, 4) is 0 Å². The second-order valence-corrected chi connectivity index (χ2v) is 8.68. The number of para-hydroxylation sites is 1. The zero-order valence-corrected chi connectivity index (χ0v) is 17.9. The Morgan fingerprint density at radius 2 is 1.70 bits per heavy atom. The Kier molecular flexibility index (Phi) is 5.14. The summed E-state index contributed by atoms with van der Waals surface area (Å²) in [4.78, 5) is 4.28. The van der Waals surface area contributed by atoms with Crippen molar-refractivity contribution in [1.29, 1.82) is 0 Å². The van der Waals surface area contributed by atoms with Crippen molar-refractivity contribution in [2.24, 2.45) is 0 Å². The third-order valence-electron chi connectivity index (χ3n) is 6.03. The smallest absolute Gasteiger partial charge is 0.0702 e. The van der Waals surface area contributed by atoms with Gasteiger partial charge in [-0.3, -0.25) is 4.98 Å². The maximum atomic E-state index is 6.24. The number of benzene rings is 3. The van der Waals surface area contributed by atoms with E-state index >= 15 is 0 Å². The van der Waals surface area contributed by atoms with Crippen molar-refractivity contribution in [2.45, 2.75) is 31.6 Å². The van der Waals surface area contributed by atoms with E-state index in [0.717, 1.165) is 24.8 Å². The summed E-state index contributed by atoms with van der Waals surface area (Å²) in [7, 11) is 0. The summed E-state index contributed by atoms with van der Waals surface area (Å²) in [5.41, 5.74) is 8.16.